The Morgan fingerprint density at radius 3 is 3.05 bits per heavy atom. The van der Waals surface area contributed by atoms with Gasteiger partial charge in [0.2, 0.25) is 0 Å². The average molecular weight is 339 g/mol. The van der Waals surface area contributed by atoms with Gasteiger partial charge in [0.05, 0.1) is 22.4 Å². The van der Waals surface area contributed by atoms with Crippen LogP contribution in [-0.4, -0.2) is 34.8 Å². The molecule has 2 atom stereocenters. The number of rotatable bonds is 2. The third-order valence-electron chi connectivity index (χ3n) is 3.56. The van der Waals surface area contributed by atoms with Crippen molar-refractivity contribution in [3.05, 3.63) is 22.4 Å². The van der Waals surface area contributed by atoms with Crippen molar-refractivity contribution in [1.29, 1.82) is 5.26 Å². The van der Waals surface area contributed by atoms with E-state index in [1.54, 1.807) is 6.20 Å². The molecule has 0 unspecified atom stereocenters. The van der Waals surface area contributed by atoms with E-state index in [2.05, 4.69) is 31.1 Å². The Hall–Kier alpha value is -1.81. The molecule has 2 N–H and O–H groups in total. The number of aromatic nitrogens is 1. The molecular weight excluding hydrogens is 324 g/mol. The number of pyridine rings is 1. The normalized spacial score (nSPS) is 22.1. The second-order valence-corrected chi connectivity index (χ2v) is 5.62. The van der Waals surface area contributed by atoms with Gasteiger partial charge in [-0.25, -0.2) is 9.78 Å². The summed E-state index contributed by atoms with van der Waals surface area (Å²) in [4.78, 5) is 17.0. The van der Waals surface area contributed by atoms with Crippen LogP contribution >= 0.6 is 15.9 Å². The van der Waals surface area contributed by atoms with Gasteiger partial charge in [0.1, 0.15) is 6.07 Å². The van der Waals surface area contributed by atoms with Gasteiger partial charge in [0.15, 0.2) is 5.69 Å². The van der Waals surface area contributed by atoms with E-state index in [-0.39, 0.29) is 12.1 Å². The first kappa shape index (κ1) is 14.6. The van der Waals surface area contributed by atoms with Crippen LogP contribution in [0.25, 0.3) is 0 Å². The lowest BCUT2D eigenvalue weighted by Crippen LogP contribution is -2.54. The molecular formula is C13H15BrN4O2. The van der Waals surface area contributed by atoms with Crippen molar-refractivity contribution in [2.45, 2.75) is 31.8 Å². The predicted molar refractivity (Wildman–Crippen MR) is 77.6 cm³/mol. The van der Waals surface area contributed by atoms with Gasteiger partial charge in [-0.15, -0.1) is 0 Å². The number of hydrogen-bond acceptors (Lipinski definition) is 4. The Kier molecular flexibility index (Phi) is 4.45. The topological polar surface area (TPSA) is 89.2 Å². The van der Waals surface area contributed by atoms with E-state index in [0.29, 0.717) is 10.2 Å². The van der Waals surface area contributed by atoms with Crippen molar-refractivity contribution in [2.24, 2.45) is 0 Å². The van der Waals surface area contributed by atoms with E-state index < -0.39 is 6.09 Å². The summed E-state index contributed by atoms with van der Waals surface area (Å²) in [6, 6.07) is 3.80. The first-order chi connectivity index (χ1) is 9.52. The molecule has 106 valence electrons. The lowest BCUT2D eigenvalue weighted by Gasteiger charge is -2.40. The molecule has 0 radical (unpaired) electrons. The summed E-state index contributed by atoms with van der Waals surface area (Å²) < 4.78 is 0.651. The van der Waals surface area contributed by atoms with Gasteiger partial charge in [0, 0.05) is 12.6 Å². The van der Waals surface area contributed by atoms with Gasteiger partial charge >= 0.3 is 6.09 Å². The average Bonchev–Trinajstić information content (AvgIpc) is 2.40. The summed E-state index contributed by atoms with van der Waals surface area (Å²) in [6.07, 6.45) is 2.40. The summed E-state index contributed by atoms with van der Waals surface area (Å²) in [7, 11) is 0. The molecule has 2 rings (SSSR count). The number of nitrogens with one attached hydrogen (secondary N) is 1. The van der Waals surface area contributed by atoms with Crippen molar-refractivity contribution in [1.82, 2.24) is 10.3 Å². The minimum Gasteiger partial charge on any atom is -0.465 e. The fourth-order valence-corrected chi connectivity index (χ4v) is 2.95. The number of carbonyl (C=O) groups is 1. The Morgan fingerprint density at radius 2 is 2.45 bits per heavy atom. The second kappa shape index (κ2) is 6.09. The molecule has 2 heterocycles. The third-order valence-corrected chi connectivity index (χ3v) is 4.17. The molecule has 0 aliphatic carbocycles. The van der Waals surface area contributed by atoms with Gasteiger partial charge in [-0.3, -0.25) is 0 Å². The number of carboxylic acid groups (broad SMARTS) is 1. The molecule has 1 aromatic rings. The van der Waals surface area contributed by atoms with Crippen LogP contribution < -0.4 is 10.2 Å². The molecule has 0 spiro atoms. The van der Waals surface area contributed by atoms with Crippen LogP contribution in [0.5, 0.6) is 0 Å². The van der Waals surface area contributed by atoms with E-state index in [0.717, 1.165) is 25.1 Å². The number of nitriles is 1. The van der Waals surface area contributed by atoms with Gasteiger partial charge < -0.3 is 15.3 Å². The number of amides is 1. The summed E-state index contributed by atoms with van der Waals surface area (Å²) in [5, 5.41) is 20.3. The van der Waals surface area contributed by atoms with Crippen LogP contribution in [0.2, 0.25) is 0 Å². The minimum atomic E-state index is -0.997. The van der Waals surface area contributed by atoms with E-state index >= 15 is 0 Å². The van der Waals surface area contributed by atoms with Crippen LogP contribution in [-0.2, 0) is 0 Å². The van der Waals surface area contributed by atoms with Gasteiger partial charge in [-0.1, -0.05) is 0 Å². The molecule has 1 amide bonds. The number of piperidine rings is 1. The van der Waals surface area contributed by atoms with Crippen molar-refractivity contribution in [3.8, 4) is 6.07 Å². The highest BCUT2D eigenvalue weighted by atomic mass is 79.9. The number of nitrogens with zero attached hydrogens (tertiary/aromatic N) is 3. The molecule has 1 aliphatic heterocycles. The van der Waals surface area contributed by atoms with Crippen molar-refractivity contribution in [3.63, 3.8) is 0 Å². The molecule has 6 nitrogen and oxygen atoms in total. The maximum absolute atomic E-state index is 10.8. The number of anilines is 1. The zero-order valence-electron chi connectivity index (χ0n) is 11.0. The van der Waals surface area contributed by atoms with Crippen LogP contribution in [0.4, 0.5) is 10.5 Å². The highest BCUT2D eigenvalue weighted by Crippen LogP contribution is 2.27. The first-order valence-corrected chi connectivity index (χ1v) is 7.14. The fraction of sp³-hybridized carbons (Fsp3) is 0.462. The smallest absolute Gasteiger partial charge is 0.404 e. The molecule has 1 fully saturated rings. The van der Waals surface area contributed by atoms with Crippen LogP contribution in [0.1, 0.15) is 25.5 Å². The lowest BCUT2D eigenvalue weighted by atomic mass is 9.97. The quantitative estimate of drug-likeness (QED) is 0.863. The molecule has 0 aromatic carbocycles. The summed E-state index contributed by atoms with van der Waals surface area (Å²) in [5.74, 6) is 0. The standard InChI is InChI=1S/C13H15BrN4O2/c1-8-11(17-13(19)20)3-2-4-18(8)9-5-10(14)12(6-15)16-7-9/h5,7-8,11,17H,2-4H2,1H3,(H,19,20)/t8-,11-/m1/s1. The first-order valence-electron chi connectivity index (χ1n) is 6.34. The fourth-order valence-electron chi connectivity index (χ4n) is 2.53. The molecule has 20 heavy (non-hydrogen) atoms. The number of hydrogen-bond donors (Lipinski definition) is 2. The summed E-state index contributed by atoms with van der Waals surface area (Å²) in [6.45, 7) is 2.84. The van der Waals surface area contributed by atoms with Gasteiger partial charge in [-0.2, -0.15) is 5.26 Å². The third kappa shape index (κ3) is 3.02. The monoisotopic (exact) mass is 338 g/mol. The Bertz CT molecular complexity index is 558. The van der Waals surface area contributed by atoms with Gasteiger partial charge in [0.25, 0.3) is 0 Å². The molecule has 0 bridgehead atoms. The SMILES string of the molecule is C[C@@H]1[C@H](NC(=O)O)CCCN1c1cnc(C#N)c(Br)c1. The minimum absolute atomic E-state index is 0.0430. The molecule has 0 saturated carbocycles. The van der Waals surface area contributed by atoms with Crippen molar-refractivity contribution >= 4 is 27.7 Å². The molecule has 1 aliphatic rings. The molecule has 1 saturated heterocycles. The maximum Gasteiger partial charge on any atom is 0.404 e. The van der Waals surface area contributed by atoms with Crippen LogP contribution in [0.15, 0.2) is 16.7 Å². The Morgan fingerprint density at radius 1 is 1.70 bits per heavy atom. The van der Waals surface area contributed by atoms with Crippen molar-refractivity contribution < 1.29 is 9.90 Å². The maximum atomic E-state index is 10.8. The summed E-state index contributed by atoms with van der Waals surface area (Å²) >= 11 is 3.33. The highest BCUT2D eigenvalue weighted by molar-refractivity contribution is 9.10. The zero-order chi connectivity index (χ0) is 14.7. The zero-order valence-corrected chi connectivity index (χ0v) is 12.6. The molecule has 1 aromatic heterocycles. The van der Waals surface area contributed by atoms with Crippen molar-refractivity contribution in [2.75, 3.05) is 11.4 Å². The van der Waals surface area contributed by atoms with Gasteiger partial charge in [-0.05, 0) is 41.8 Å². The highest BCUT2D eigenvalue weighted by Gasteiger charge is 2.29. The largest absolute Gasteiger partial charge is 0.465 e. The summed E-state index contributed by atoms with van der Waals surface area (Å²) in [5.41, 5.74) is 1.24. The Labute approximate surface area is 125 Å². The van der Waals surface area contributed by atoms with Crippen LogP contribution in [0.3, 0.4) is 0 Å². The van der Waals surface area contributed by atoms with E-state index in [1.807, 2.05) is 19.1 Å². The predicted octanol–water partition coefficient (Wildman–Crippen LogP) is 2.34. The lowest BCUT2D eigenvalue weighted by molar-refractivity contribution is 0.184. The van der Waals surface area contributed by atoms with E-state index in [1.165, 1.54) is 0 Å². The van der Waals surface area contributed by atoms with Crippen LogP contribution in [0, 0.1) is 11.3 Å². The Balaban J connectivity index is 2.21. The number of halogens is 1. The van der Waals surface area contributed by atoms with E-state index in [9.17, 15) is 4.79 Å². The second-order valence-electron chi connectivity index (χ2n) is 4.77. The van der Waals surface area contributed by atoms with E-state index in [4.69, 9.17) is 10.4 Å². The molecule has 7 heteroatoms.